The Balaban J connectivity index is 2.38. The van der Waals surface area contributed by atoms with Gasteiger partial charge >= 0.3 is 8.56 Å². The summed E-state index contributed by atoms with van der Waals surface area (Å²) < 4.78 is 12.8. The molecule has 1 heterocycles. The van der Waals surface area contributed by atoms with Crippen molar-refractivity contribution < 1.29 is 14.0 Å². The van der Waals surface area contributed by atoms with Gasteiger partial charge in [-0.25, -0.2) is 0 Å². The topological polar surface area (TPSA) is 38.7 Å². The van der Waals surface area contributed by atoms with Crippen molar-refractivity contribution in [1.29, 1.82) is 0 Å². The van der Waals surface area contributed by atoms with E-state index >= 15 is 0 Å². The van der Waals surface area contributed by atoms with Crippen molar-refractivity contribution in [3.05, 3.63) is 0 Å². The van der Waals surface area contributed by atoms with Crippen molar-refractivity contribution in [2.75, 3.05) is 0 Å². The Morgan fingerprint density at radius 1 is 0.941 bits per heavy atom. The Morgan fingerprint density at radius 2 is 1.47 bits per heavy atom. The smallest absolute Gasteiger partial charge is 0.349 e. The molecule has 0 radical (unpaired) electrons. The molecule has 2 rings (SSSR count). The normalized spacial score (nSPS) is 37.2. The molecule has 1 aliphatic carbocycles. The van der Waals surface area contributed by atoms with Crippen LogP contribution in [0.5, 0.6) is 0 Å². The first-order valence-electron chi connectivity index (χ1n) is 6.60. The van der Waals surface area contributed by atoms with E-state index < -0.39 is 8.56 Å². The van der Waals surface area contributed by atoms with Crippen molar-refractivity contribution in [2.45, 2.75) is 82.8 Å². The molecule has 0 aromatic heterocycles. The van der Waals surface area contributed by atoms with Crippen LogP contribution >= 0.6 is 0 Å². The number of aliphatic hydroxyl groups excluding tert-OH is 1. The molecule has 0 unspecified atom stereocenters. The third kappa shape index (κ3) is 1.99. The lowest BCUT2D eigenvalue weighted by atomic mass is 10.2. The van der Waals surface area contributed by atoms with E-state index in [0.717, 1.165) is 12.8 Å². The highest BCUT2D eigenvalue weighted by atomic mass is 28.4. The molecule has 1 aliphatic heterocycles. The number of aliphatic hydroxyl groups is 1. The van der Waals surface area contributed by atoms with E-state index in [1.165, 1.54) is 0 Å². The molecule has 17 heavy (non-hydrogen) atoms. The fraction of sp³-hybridized carbons (Fsp3) is 1.00. The van der Waals surface area contributed by atoms with Gasteiger partial charge < -0.3 is 14.0 Å². The summed E-state index contributed by atoms with van der Waals surface area (Å²) in [5, 5.41) is 10.0. The van der Waals surface area contributed by atoms with Gasteiger partial charge in [0, 0.05) is 22.9 Å². The minimum absolute atomic E-state index is 0.00105. The molecule has 100 valence electrons. The lowest BCUT2D eigenvalue weighted by Gasteiger charge is -2.53. The molecule has 3 nitrogen and oxygen atoms in total. The third-order valence-corrected chi connectivity index (χ3v) is 9.30. The van der Waals surface area contributed by atoms with E-state index in [1.807, 2.05) is 0 Å². The molecule has 0 aromatic carbocycles. The van der Waals surface area contributed by atoms with Gasteiger partial charge in [-0.3, -0.25) is 0 Å². The Labute approximate surface area is 106 Å². The van der Waals surface area contributed by atoms with Crippen molar-refractivity contribution >= 4 is 8.56 Å². The maximum absolute atomic E-state index is 9.98. The summed E-state index contributed by atoms with van der Waals surface area (Å²) >= 11 is 0. The summed E-state index contributed by atoms with van der Waals surface area (Å²) in [5.41, 5.74) is 0. The van der Waals surface area contributed by atoms with Gasteiger partial charge in [0.15, 0.2) is 0 Å². The van der Waals surface area contributed by atoms with Crippen LogP contribution in [0.2, 0.25) is 10.1 Å². The zero-order chi connectivity index (χ0) is 13.1. The van der Waals surface area contributed by atoms with Gasteiger partial charge in [0.25, 0.3) is 0 Å². The van der Waals surface area contributed by atoms with Crippen LogP contribution in [-0.2, 0) is 8.85 Å². The van der Waals surface area contributed by atoms with Gasteiger partial charge in [-0.05, 0) is 0 Å². The molecule has 0 spiro atoms. The summed E-state index contributed by atoms with van der Waals surface area (Å²) in [6.07, 6.45) is 1.47. The minimum atomic E-state index is -2.35. The summed E-state index contributed by atoms with van der Waals surface area (Å²) in [7, 11) is -2.35. The highest BCUT2D eigenvalue weighted by Crippen LogP contribution is 2.56. The summed E-state index contributed by atoms with van der Waals surface area (Å²) in [5.74, 6) is 0. The van der Waals surface area contributed by atoms with E-state index in [1.54, 1.807) is 0 Å². The first kappa shape index (κ1) is 13.5. The first-order valence-corrected chi connectivity index (χ1v) is 8.42. The maximum Gasteiger partial charge on any atom is 0.349 e. The highest BCUT2D eigenvalue weighted by molar-refractivity contribution is 6.73. The highest BCUT2D eigenvalue weighted by Gasteiger charge is 2.64. The van der Waals surface area contributed by atoms with Crippen LogP contribution < -0.4 is 0 Å². The monoisotopic (exact) mass is 258 g/mol. The average molecular weight is 258 g/mol. The van der Waals surface area contributed by atoms with Crippen molar-refractivity contribution in [1.82, 2.24) is 0 Å². The second-order valence-electron chi connectivity index (χ2n) is 7.55. The number of rotatable bonds is 0. The summed E-state index contributed by atoms with van der Waals surface area (Å²) in [6, 6.07) is 0. The predicted molar refractivity (Wildman–Crippen MR) is 70.2 cm³/mol. The van der Waals surface area contributed by atoms with Crippen LogP contribution in [0.1, 0.15) is 54.4 Å². The largest absolute Gasteiger partial charge is 0.390 e. The van der Waals surface area contributed by atoms with Crippen molar-refractivity contribution in [3.8, 4) is 0 Å². The molecule has 2 aliphatic rings. The SMILES string of the molecule is CC(C)(C)[Si]1(C(C)(C)C)O[C@H]2C[C@H](O)[C@@H](C2)O1. The summed E-state index contributed by atoms with van der Waals surface area (Å²) in [4.78, 5) is 0. The lowest BCUT2D eigenvalue weighted by Crippen LogP contribution is -2.62. The van der Waals surface area contributed by atoms with E-state index in [4.69, 9.17) is 8.85 Å². The minimum Gasteiger partial charge on any atom is -0.390 e. The Hall–Kier alpha value is 0.0969. The first-order chi connectivity index (χ1) is 7.57. The summed E-state index contributed by atoms with van der Waals surface area (Å²) in [6.45, 7) is 13.3. The van der Waals surface area contributed by atoms with Crippen molar-refractivity contribution in [3.63, 3.8) is 0 Å². The molecule has 3 atom stereocenters. The van der Waals surface area contributed by atoms with E-state index in [2.05, 4.69) is 41.5 Å². The lowest BCUT2D eigenvalue weighted by molar-refractivity contribution is -0.00920. The van der Waals surface area contributed by atoms with Crippen LogP contribution in [-0.4, -0.2) is 32.0 Å². The quantitative estimate of drug-likeness (QED) is 0.679. The van der Waals surface area contributed by atoms with Gasteiger partial charge in [0.1, 0.15) is 0 Å². The number of hydrogen-bond acceptors (Lipinski definition) is 3. The Kier molecular flexibility index (Phi) is 3.02. The standard InChI is InChI=1S/C13H26O3Si/c1-12(2,3)17(13(4,5)6)15-9-7-10(14)11(8-9)16-17/h9-11,14H,7-8H2,1-6H3/t9-,10-,11+/m0/s1. The van der Waals surface area contributed by atoms with Gasteiger partial charge in [-0.1, -0.05) is 41.5 Å². The molecule has 4 heteroatoms. The molecule has 2 fully saturated rings. The van der Waals surface area contributed by atoms with Crippen LogP contribution in [0.3, 0.4) is 0 Å². The van der Waals surface area contributed by atoms with Crippen LogP contribution in [0.25, 0.3) is 0 Å². The van der Waals surface area contributed by atoms with Gasteiger partial charge in [-0.2, -0.15) is 0 Å². The number of fused-ring (bicyclic) bond motifs is 2. The van der Waals surface area contributed by atoms with Crippen molar-refractivity contribution in [2.24, 2.45) is 0 Å². The fourth-order valence-corrected chi connectivity index (χ4v) is 8.53. The molecule has 1 N–H and O–H groups in total. The maximum atomic E-state index is 9.98. The van der Waals surface area contributed by atoms with Crippen LogP contribution in [0, 0.1) is 0 Å². The van der Waals surface area contributed by atoms with Gasteiger partial charge in [0.2, 0.25) is 0 Å². The van der Waals surface area contributed by atoms with E-state index in [-0.39, 0.29) is 28.4 Å². The molecular weight excluding hydrogens is 232 g/mol. The van der Waals surface area contributed by atoms with Crippen LogP contribution in [0.4, 0.5) is 0 Å². The predicted octanol–water partition coefficient (Wildman–Crippen LogP) is 2.97. The molecule has 2 bridgehead atoms. The fourth-order valence-electron chi connectivity index (χ4n) is 3.46. The average Bonchev–Trinajstić information content (AvgIpc) is 2.36. The third-order valence-electron chi connectivity index (χ3n) is 4.05. The molecule has 1 saturated carbocycles. The molecular formula is C13H26O3Si. The zero-order valence-electron chi connectivity index (χ0n) is 11.9. The Morgan fingerprint density at radius 3 is 1.88 bits per heavy atom. The molecule has 0 aromatic rings. The van der Waals surface area contributed by atoms with Gasteiger partial charge in [0.05, 0.1) is 18.3 Å². The molecule has 1 saturated heterocycles. The van der Waals surface area contributed by atoms with Crippen LogP contribution in [0.15, 0.2) is 0 Å². The Bertz CT molecular complexity index is 287. The van der Waals surface area contributed by atoms with E-state index in [0.29, 0.717) is 0 Å². The second kappa shape index (κ2) is 3.79. The van der Waals surface area contributed by atoms with Gasteiger partial charge in [-0.15, -0.1) is 0 Å². The second-order valence-corrected chi connectivity index (χ2v) is 12.3. The zero-order valence-corrected chi connectivity index (χ0v) is 12.9. The molecule has 0 amide bonds. The van der Waals surface area contributed by atoms with E-state index in [9.17, 15) is 5.11 Å². The number of hydrogen-bond donors (Lipinski definition) is 1.